The molecule has 2 aliphatic rings. The van der Waals surface area contributed by atoms with Gasteiger partial charge in [-0.2, -0.15) is 26.3 Å². The lowest BCUT2D eigenvalue weighted by Crippen LogP contribution is -2.44. The number of carbonyl (C=O) groups is 3. The van der Waals surface area contributed by atoms with Gasteiger partial charge in [-0.25, -0.2) is 9.59 Å². The molecule has 1 spiro atoms. The van der Waals surface area contributed by atoms with Crippen molar-refractivity contribution >= 4 is 17.8 Å². The van der Waals surface area contributed by atoms with Crippen molar-refractivity contribution < 1.29 is 55.4 Å². The van der Waals surface area contributed by atoms with Crippen molar-refractivity contribution in [3.8, 4) is 0 Å². The first-order valence-electron chi connectivity index (χ1n) is 11.2. The number of carboxylic acids is 2. The fraction of sp³-hybridized carbons (Fsp3) is 0.478. The topological polar surface area (TPSA) is 124 Å². The molecule has 2 aliphatic heterocycles. The van der Waals surface area contributed by atoms with Gasteiger partial charge in [-0.15, -0.1) is 0 Å². The van der Waals surface area contributed by atoms with Gasteiger partial charge in [-0.05, 0) is 56.6 Å². The van der Waals surface area contributed by atoms with Crippen LogP contribution in [0, 0.1) is 5.41 Å². The summed E-state index contributed by atoms with van der Waals surface area (Å²) in [4.78, 5) is 39.5. The molecule has 0 atom stereocenters. The van der Waals surface area contributed by atoms with Gasteiger partial charge in [-0.3, -0.25) is 14.7 Å². The van der Waals surface area contributed by atoms with Crippen LogP contribution in [-0.4, -0.2) is 74.8 Å². The molecule has 0 aliphatic carbocycles. The number of likely N-dealkylation sites (tertiary alicyclic amines) is 2. The van der Waals surface area contributed by atoms with E-state index in [0.717, 1.165) is 56.9 Å². The van der Waals surface area contributed by atoms with Gasteiger partial charge in [0.2, 0.25) is 5.91 Å². The third-order valence-corrected chi connectivity index (χ3v) is 5.94. The highest BCUT2D eigenvalue weighted by atomic mass is 19.4. The summed E-state index contributed by atoms with van der Waals surface area (Å²) in [5.74, 6) is -4.19. The Labute approximate surface area is 212 Å². The van der Waals surface area contributed by atoms with E-state index in [1.165, 1.54) is 0 Å². The van der Waals surface area contributed by atoms with Crippen LogP contribution in [0.2, 0.25) is 0 Å². The second kappa shape index (κ2) is 12.8. The minimum atomic E-state index is -5.08. The number of piperidine rings is 1. The molecule has 4 heterocycles. The molecule has 2 aromatic rings. The highest BCUT2D eigenvalue weighted by Gasteiger charge is 2.48. The Morgan fingerprint density at radius 3 is 1.89 bits per heavy atom. The Bertz CT molecular complexity index is 1030. The molecule has 1 amide bonds. The first kappa shape index (κ1) is 30.6. The summed E-state index contributed by atoms with van der Waals surface area (Å²) in [5.41, 5.74) is 0.826. The second-order valence-corrected chi connectivity index (χ2v) is 8.54. The van der Waals surface area contributed by atoms with E-state index in [2.05, 4.69) is 9.88 Å². The third-order valence-electron chi connectivity index (χ3n) is 5.94. The molecular formula is C23H25F6N3O6. The van der Waals surface area contributed by atoms with Gasteiger partial charge in [0.1, 0.15) is 5.76 Å². The van der Waals surface area contributed by atoms with Crippen LogP contribution in [0.4, 0.5) is 26.3 Å². The first-order chi connectivity index (χ1) is 17.6. The summed E-state index contributed by atoms with van der Waals surface area (Å²) in [6, 6.07) is 9.82. The van der Waals surface area contributed by atoms with Crippen LogP contribution in [-0.2, 0) is 27.5 Å². The Morgan fingerprint density at radius 1 is 0.895 bits per heavy atom. The first-order valence-corrected chi connectivity index (χ1v) is 11.2. The number of halogens is 6. The zero-order valence-electron chi connectivity index (χ0n) is 19.8. The standard InChI is InChI=1S/C19H23N3O2.2C2HF3O2/c23-18-19(8-12-22(18)14-16-4-1-2-9-20-16)6-10-21(11-7-19)15-17-5-3-13-24-17;2*3-2(4,5)1(6)7/h1-5,9,13H,6-8,10-12,14-15H2;2*(H,6,7). The van der Waals surface area contributed by atoms with Crippen molar-refractivity contribution in [1.29, 1.82) is 0 Å². The number of pyridine rings is 1. The molecule has 0 unspecified atom stereocenters. The number of carbonyl (C=O) groups excluding carboxylic acids is 1. The molecule has 0 saturated carbocycles. The molecule has 15 heteroatoms. The summed E-state index contributed by atoms with van der Waals surface area (Å²) in [6.45, 7) is 4.26. The Hall–Kier alpha value is -3.62. The predicted molar refractivity (Wildman–Crippen MR) is 117 cm³/mol. The molecular weight excluding hydrogens is 528 g/mol. The lowest BCUT2D eigenvalue weighted by atomic mass is 9.77. The average molecular weight is 553 g/mol. The third kappa shape index (κ3) is 9.04. The number of nitrogens with zero attached hydrogens (tertiary/aromatic N) is 3. The lowest BCUT2D eigenvalue weighted by molar-refractivity contribution is -0.193. The number of rotatable bonds is 4. The minimum absolute atomic E-state index is 0.144. The molecule has 9 nitrogen and oxygen atoms in total. The van der Waals surface area contributed by atoms with E-state index in [9.17, 15) is 31.1 Å². The molecule has 38 heavy (non-hydrogen) atoms. The van der Waals surface area contributed by atoms with Crippen molar-refractivity contribution in [2.75, 3.05) is 19.6 Å². The summed E-state index contributed by atoms with van der Waals surface area (Å²) in [5, 5.41) is 14.2. The van der Waals surface area contributed by atoms with E-state index in [1.54, 1.807) is 12.5 Å². The molecule has 4 rings (SSSR count). The summed E-state index contributed by atoms with van der Waals surface area (Å²) < 4.78 is 68.9. The highest BCUT2D eigenvalue weighted by Crippen LogP contribution is 2.42. The van der Waals surface area contributed by atoms with Crippen LogP contribution in [0.25, 0.3) is 0 Å². The molecule has 210 valence electrons. The fourth-order valence-corrected chi connectivity index (χ4v) is 3.96. The number of furan rings is 1. The summed E-state index contributed by atoms with van der Waals surface area (Å²) >= 11 is 0. The van der Waals surface area contributed by atoms with Gasteiger partial charge >= 0.3 is 24.3 Å². The minimum Gasteiger partial charge on any atom is -0.475 e. The van der Waals surface area contributed by atoms with E-state index in [4.69, 9.17) is 24.2 Å². The maximum Gasteiger partial charge on any atom is 0.490 e. The predicted octanol–water partition coefficient (Wildman–Crippen LogP) is 3.96. The Kier molecular flexibility index (Phi) is 10.3. The van der Waals surface area contributed by atoms with E-state index in [0.29, 0.717) is 12.5 Å². The summed E-state index contributed by atoms with van der Waals surface area (Å²) in [7, 11) is 0. The zero-order chi connectivity index (χ0) is 28.6. The van der Waals surface area contributed by atoms with Crippen LogP contribution >= 0.6 is 0 Å². The van der Waals surface area contributed by atoms with Crippen molar-refractivity contribution in [3.05, 3.63) is 54.2 Å². The van der Waals surface area contributed by atoms with Crippen LogP contribution in [0.5, 0.6) is 0 Å². The van der Waals surface area contributed by atoms with Gasteiger partial charge in [0.25, 0.3) is 0 Å². The largest absolute Gasteiger partial charge is 0.490 e. The normalized spacial score (nSPS) is 17.3. The SMILES string of the molecule is O=C(O)C(F)(F)F.O=C(O)C(F)(F)F.O=C1N(Cc2ccccn2)CCC12CCN(Cc1ccco1)CC2. The second-order valence-electron chi connectivity index (χ2n) is 8.54. The number of aromatic nitrogens is 1. The molecule has 2 fully saturated rings. The van der Waals surface area contributed by atoms with Crippen LogP contribution in [0.1, 0.15) is 30.7 Å². The van der Waals surface area contributed by atoms with Gasteiger partial charge in [0.15, 0.2) is 0 Å². The monoisotopic (exact) mass is 553 g/mol. The van der Waals surface area contributed by atoms with Crippen LogP contribution in [0.3, 0.4) is 0 Å². The molecule has 2 saturated heterocycles. The Balaban J connectivity index is 0.000000301. The van der Waals surface area contributed by atoms with Crippen molar-refractivity contribution in [2.45, 2.75) is 44.7 Å². The fourth-order valence-electron chi connectivity index (χ4n) is 3.96. The zero-order valence-corrected chi connectivity index (χ0v) is 19.8. The van der Waals surface area contributed by atoms with Crippen molar-refractivity contribution in [3.63, 3.8) is 0 Å². The van der Waals surface area contributed by atoms with E-state index >= 15 is 0 Å². The molecule has 0 bridgehead atoms. The maximum absolute atomic E-state index is 13.0. The smallest absolute Gasteiger partial charge is 0.475 e. The Morgan fingerprint density at radius 2 is 1.45 bits per heavy atom. The van der Waals surface area contributed by atoms with E-state index in [1.807, 2.05) is 35.2 Å². The summed E-state index contributed by atoms with van der Waals surface area (Å²) in [6.07, 6.45) is -3.78. The highest BCUT2D eigenvalue weighted by molar-refractivity contribution is 5.85. The average Bonchev–Trinajstić information content (AvgIpc) is 3.45. The van der Waals surface area contributed by atoms with Crippen LogP contribution in [0.15, 0.2) is 47.2 Å². The van der Waals surface area contributed by atoms with E-state index in [-0.39, 0.29) is 5.41 Å². The number of carboxylic acid groups (broad SMARTS) is 2. The molecule has 2 aromatic heterocycles. The number of aliphatic carboxylic acids is 2. The lowest BCUT2D eigenvalue weighted by Gasteiger charge is -2.37. The van der Waals surface area contributed by atoms with Gasteiger partial charge in [0.05, 0.1) is 30.5 Å². The van der Waals surface area contributed by atoms with Gasteiger partial charge < -0.3 is 19.5 Å². The van der Waals surface area contributed by atoms with Crippen LogP contribution < -0.4 is 0 Å². The maximum atomic E-state index is 13.0. The van der Waals surface area contributed by atoms with Gasteiger partial charge in [0, 0.05) is 12.7 Å². The number of alkyl halides is 6. The van der Waals surface area contributed by atoms with Gasteiger partial charge in [-0.1, -0.05) is 6.07 Å². The quantitative estimate of drug-likeness (QED) is 0.546. The molecule has 0 radical (unpaired) electrons. The van der Waals surface area contributed by atoms with Crippen molar-refractivity contribution in [1.82, 2.24) is 14.8 Å². The molecule has 0 aromatic carbocycles. The number of hydrogen-bond acceptors (Lipinski definition) is 6. The number of amides is 1. The number of hydrogen-bond donors (Lipinski definition) is 2. The van der Waals surface area contributed by atoms with Crippen molar-refractivity contribution in [2.24, 2.45) is 5.41 Å². The van der Waals surface area contributed by atoms with E-state index < -0.39 is 24.3 Å². The molecule has 2 N–H and O–H groups in total.